The summed E-state index contributed by atoms with van der Waals surface area (Å²) >= 11 is 0. The van der Waals surface area contributed by atoms with E-state index in [-0.39, 0.29) is 30.2 Å². The highest BCUT2D eigenvalue weighted by Gasteiger charge is 2.40. The van der Waals surface area contributed by atoms with E-state index >= 15 is 0 Å². The van der Waals surface area contributed by atoms with Crippen LogP contribution in [0, 0.1) is 5.92 Å². The van der Waals surface area contributed by atoms with Crippen LogP contribution in [0.5, 0.6) is 0 Å². The lowest BCUT2D eigenvalue weighted by Gasteiger charge is -2.34. The van der Waals surface area contributed by atoms with Crippen molar-refractivity contribution in [2.75, 3.05) is 19.6 Å². The van der Waals surface area contributed by atoms with Crippen LogP contribution in [0.4, 0.5) is 0 Å². The zero-order chi connectivity index (χ0) is 21.7. The highest BCUT2D eigenvalue weighted by molar-refractivity contribution is 5.88. The molecule has 158 valence electrons. The maximum atomic E-state index is 13.0. The summed E-state index contributed by atoms with van der Waals surface area (Å²) in [5.74, 6) is -0.753. The number of carbonyl (C=O) groups excluding carboxylic acids is 3. The van der Waals surface area contributed by atoms with Crippen LogP contribution in [0.25, 0.3) is 0 Å². The lowest BCUT2D eigenvalue weighted by molar-refractivity contribution is -0.161. The smallest absolute Gasteiger partial charge is 0.318 e. The molecule has 1 aliphatic rings. The molecule has 0 spiro atoms. The highest BCUT2D eigenvalue weighted by atomic mass is 16.6. The van der Waals surface area contributed by atoms with Crippen molar-refractivity contribution in [2.45, 2.75) is 51.6 Å². The predicted molar refractivity (Wildman–Crippen MR) is 112 cm³/mol. The molecular weight excluding hydrogens is 368 g/mol. The summed E-state index contributed by atoms with van der Waals surface area (Å²) in [5.41, 5.74) is -0.827. The van der Waals surface area contributed by atoms with Gasteiger partial charge in [0.25, 0.3) is 0 Å². The van der Waals surface area contributed by atoms with E-state index in [0.29, 0.717) is 25.9 Å². The fraction of sp³-hybridized carbons (Fsp3) is 0.522. The molecule has 1 saturated heterocycles. The molecule has 1 aromatic carbocycles. The van der Waals surface area contributed by atoms with E-state index < -0.39 is 11.0 Å². The minimum Gasteiger partial charge on any atom is -0.459 e. The van der Waals surface area contributed by atoms with Gasteiger partial charge in [0.15, 0.2) is 0 Å². The van der Waals surface area contributed by atoms with Gasteiger partial charge in [-0.25, -0.2) is 0 Å². The first-order chi connectivity index (χ1) is 13.6. The average molecular weight is 401 g/mol. The predicted octanol–water partition coefficient (Wildman–Crippen LogP) is 2.83. The van der Waals surface area contributed by atoms with Crippen LogP contribution in [0.2, 0.25) is 0 Å². The lowest BCUT2D eigenvalue weighted by Crippen LogP contribution is -2.49. The molecule has 29 heavy (non-hydrogen) atoms. The van der Waals surface area contributed by atoms with Crippen LogP contribution in [0.15, 0.2) is 43.0 Å². The Balaban J connectivity index is 2.06. The lowest BCUT2D eigenvalue weighted by atomic mass is 9.82. The normalized spacial score (nSPS) is 17.2. The minimum absolute atomic E-state index is 0.0959. The molecule has 1 heterocycles. The van der Waals surface area contributed by atoms with Crippen LogP contribution in [0.3, 0.4) is 0 Å². The third-order valence-corrected chi connectivity index (χ3v) is 5.23. The highest BCUT2D eigenvalue weighted by Crippen LogP contribution is 2.28. The Morgan fingerprint density at radius 1 is 1.14 bits per heavy atom. The van der Waals surface area contributed by atoms with Crippen LogP contribution in [-0.4, -0.2) is 47.9 Å². The van der Waals surface area contributed by atoms with E-state index in [1.165, 1.54) is 6.08 Å². The molecule has 0 saturated carbocycles. The molecule has 1 N–H and O–H groups in total. The maximum absolute atomic E-state index is 13.0. The number of amides is 2. The van der Waals surface area contributed by atoms with Crippen molar-refractivity contribution >= 4 is 17.8 Å². The molecule has 0 bridgehead atoms. The molecule has 2 rings (SSSR count). The number of rotatable bonds is 6. The van der Waals surface area contributed by atoms with Crippen molar-refractivity contribution in [1.82, 2.24) is 10.2 Å². The molecule has 6 nitrogen and oxygen atoms in total. The standard InChI is InChI=1S/C23H32N2O4/c1-6-19(26)25-14-12-17(13-15-25)20(27)24-16-23(5,18-10-8-7-9-11-18)21(28)29-22(2,3)4/h6-11,17H,1,12-16H2,2-5H3,(H,24,27). The molecule has 1 aromatic rings. The van der Waals surface area contributed by atoms with E-state index in [4.69, 9.17) is 4.74 Å². The van der Waals surface area contributed by atoms with Crippen molar-refractivity contribution in [1.29, 1.82) is 0 Å². The molecule has 2 amide bonds. The van der Waals surface area contributed by atoms with Crippen LogP contribution >= 0.6 is 0 Å². The quantitative estimate of drug-likeness (QED) is 0.589. The first-order valence-corrected chi connectivity index (χ1v) is 10.0. The summed E-state index contributed by atoms with van der Waals surface area (Å²) in [7, 11) is 0. The fourth-order valence-corrected chi connectivity index (χ4v) is 3.39. The molecule has 1 aliphatic heterocycles. The van der Waals surface area contributed by atoms with Gasteiger partial charge in [-0.3, -0.25) is 14.4 Å². The molecule has 1 unspecified atom stereocenters. The summed E-state index contributed by atoms with van der Waals surface area (Å²) in [5, 5.41) is 2.95. The number of carbonyl (C=O) groups is 3. The SMILES string of the molecule is C=CC(=O)N1CCC(C(=O)NCC(C)(C(=O)OC(C)(C)C)c2ccccc2)CC1. The van der Waals surface area contributed by atoms with Gasteiger partial charge in [-0.15, -0.1) is 0 Å². The van der Waals surface area contributed by atoms with E-state index in [9.17, 15) is 14.4 Å². The second-order valence-corrected chi connectivity index (χ2v) is 8.72. The Morgan fingerprint density at radius 3 is 2.24 bits per heavy atom. The second kappa shape index (κ2) is 9.25. The summed E-state index contributed by atoms with van der Waals surface area (Å²) in [6.07, 6.45) is 2.49. The van der Waals surface area contributed by atoms with Crippen molar-refractivity contribution in [3.05, 3.63) is 48.6 Å². The molecule has 0 aliphatic carbocycles. The van der Waals surface area contributed by atoms with Gasteiger partial charge in [0.2, 0.25) is 11.8 Å². The maximum Gasteiger partial charge on any atom is 0.318 e. The van der Waals surface area contributed by atoms with Gasteiger partial charge in [0, 0.05) is 25.6 Å². The molecule has 0 radical (unpaired) electrons. The third-order valence-electron chi connectivity index (χ3n) is 5.23. The number of nitrogens with one attached hydrogen (secondary N) is 1. The van der Waals surface area contributed by atoms with E-state index in [1.54, 1.807) is 11.8 Å². The number of nitrogens with zero attached hydrogens (tertiary/aromatic N) is 1. The number of benzene rings is 1. The Bertz CT molecular complexity index is 746. The van der Waals surface area contributed by atoms with Gasteiger partial charge >= 0.3 is 5.97 Å². The third kappa shape index (κ3) is 5.92. The number of piperidine rings is 1. The minimum atomic E-state index is -0.996. The van der Waals surface area contributed by atoms with E-state index in [0.717, 1.165) is 5.56 Å². The molecular formula is C23H32N2O4. The first kappa shape index (κ1) is 22.7. The second-order valence-electron chi connectivity index (χ2n) is 8.72. The Morgan fingerprint density at radius 2 is 1.72 bits per heavy atom. The average Bonchev–Trinajstić information content (AvgIpc) is 2.70. The number of esters is 1. The van der Waals surface area contributed by atoms with Gasteiger partial charge < -0.3 is 15.0 Å². The van der Waals surface area contributed by atoms with Crippen molar-refractivity contribution in [2.24, 2.45) is 5.92 Å². The van der Waals surface area contributed by atoms with Crippen molar-refractivity contribution in [3.8, 4) is 0 Å². The van der Waals surface area contributed by atoms with Crippen LogP contribution in [0.1, 0.15) is 46.1 Å². The number of ether oxygens (including phenoxy) is 1. The molecule has 6 heteroatoms. The number of hydrogen-bond acceptors (Lipinski definition) is 4. The first-order valence-electron chi connectivity index (χ1n) is 10.0. The molecule has 1 fully saturated rings. The van der Waals surface area contributed by atoms with Crippen LogP contribution in [-0.2, 0) is 24.5 Å². The molecule has 1 atom stereocenters. The van der Waals surface area contributed by atoms with Crippen LogP contribution < -0.4 is 5.32 Å². The van der Waals surface area contributed by atoms with Crippen molar-refractivity contribution in [3.63, 3.8) is 0 Å². The summed E-state index contributed by atoms with van der Waals surface area (Å²) in [6.45, 7) is 12.0. The van der Waals surface area contributed by atoms with Gasteiger partial charge in [0.05, 0.1) is 0 Å². The summed E-state index contributed by atoms with van der Waals surface area (Å²) in [4.78, 5) is 39.1. The largest absolute Gasteiger partial charge is 0.459 e. The summed E-state index contributed by atoms with van der Waals surface area (Å²) < 4.78 is 5.64. The number of hydrogen-bond donors (Lipinski definition) is 1. The molecule has 0 aromatic heterocycles. The topological polar surface area (TPSA) is 75.7 Å². The van der Waals surface area contributed by atoms with E-state index in [1.807, 2.05) is 51.1 Å². The van der Waals surface area contributed by atoms with E-state index in [2.05, 4.69) is 11.9 Å². The Kier molecular flexibility index (Phi) is 7.22. The fourth-order valence-electron chi connectivity index (χ4n) is 3.39. The number of likely N-dealkylation sites (tertiary alicyclic amines) is 1. The Hall–Kier alpha value is -2.63. The zero-order valence-corrected chi connectivity index (χ0v) is 17.9. The van der Waals surface area contributed by atoms with Gasteiger partial charge in [0.1, 0.15) is 11.0 Å². The summed E-state index contributed by atoms with van der Waals surface area (Å²) in [6, 6.07) is 9.36. The van der Waals surface area contributed by atoms with Crippen molar-refractivity contribution < 1.29 is 19.1 Å². The van der Waals surface area contributed by atoms with Gasteiger partial charge in [-0.1, -0.05) is 36.9 Å². The zero-order valence-electron chi connectivity index (χ0n) is 17.9. The Labute approximate surface area is 173 Å². The monoisotopic (exact) mass is 400 g/mol. The van der Waals surface area contributed by atoms with Gasteiger partial charge in [-0.05, 0) is 52.2 Å². The van der Waals surface area contributed by atoms with Gasteiger partial charge in [-0.2, -0.15) is 0 Å².